The van der Waals surface area contributed by atoms with E-state index in [9.17, 15) is 4.79 Å². The van der Waals surface area contributed by atoms with E-state index in [4.69, 9.17) is 19.3 Å². The summed E-state index contributed by atoms with van der Waals surface area (Å²) in [4.78, 5) is 16.5. The summed E-state index contributed by atoms with van der Waals surface area (Å²) < 4.78 is 12.7. The number of hydrogen-bond acceptors (Lipinski definition) is 6. The van der Waals surface area contributed by atoms with Gasteiger partial charge in [-0.15, -0.1) is 0 Å². The predicted molar refractivity (Wildman–Crippen MR) is 123 cm³/mol. The lowest BCUT2D eigenvalue weighted by Gasteiger charge is -2.29. The normalized spacial score (nSPS) is 22.2. The maximum absolute atomic E-state index is 11.8. The number of nitrogens with zero attached hydrogens (tertiary/aromatic N) is 4. The lowest BCUT2D eigenvalue weighted by Crippen LogP contribution is -2.23. The van der Waals surface area contributed by atoms with Gasteiger partial charge in [-0.05, 0) is 56.8 Å². The molecule has 2 aliphatic carbocycles. The Kier molecular flexibility index (Phi) is 6.10. The lowest BCUT2D eigenvalue weighted by atomic mass is 9.76. The molecule has 0 bridgehead atoms. The van der Waals surface area contributed by atoms with Crippen LogP contribution >= 0.6 is 0 Å². The number of carbonyl (C=O) groups is 1. The number of aryl methyl sites for hydroxylation is 1. The van der Waals surface area contributed by atoms with E-state index in [1.807, 2.05) is 18.7 Å². The van der Waals surface area contributed by atoms with Crippen LogP contribution in [0.1, 0.15) is 71.0 Å². The Balaban J connectivity index is 1.53. The minimum atomic E-state index is -0.132. The smallest absolute Gasteiger partial charge is 0.305 e. The second kappa shape index (κ2) is 8.68. The third-order valence-corrected chi connectivity index (χ3v) is 6.87. The summed E-state index contributed by atoms with van der Waals surface area (Å²) in [5, 5.41) is 9.00. The molecule has 2 aliphatic rings. The fourth-order valence-electron chi connectivity index (χ4n) is 5.05. The van der Waals surface area contributed by atoms with E-state index in [-0.39, 0.29) is 17.3 Å². The zero-order valence-corrected chi connectivity index (χ0v) is 20.1. The summed E-state index contributed by atoms with van der Waals surface area (Å²) in [5.74, 6) is 1.52. The van der Waals surface area contributed by atoms with Gasteiger partial charge < -0.3 is 9.26 Å². The van der Waals surface area contributed by atoms with Crippen LogP contribution in [0, 0.1) is 17.3 Å². The van der Waals surface area contributed by atoms with Crippen LogP contribution in [-0.2, 0) is 29.4 Å². The molecular formula is C25H34N4O3. The van der Waals surface area contributed by atoms with Crippen LogP contribution in [-0.4, -0.2) is 32.5 Å². The van der Waals surface area contributed by atoms with Gasteiger partial charge >= 0.3 is 5.97 Å². The third-order valence-electron chi connectivity index (χ3n) is 6.87. The monoisotopic (exact) mass is 438 g/mol. The number of hydrogen-bond donors (Lipinski definition) is 0. The molecule has 2 aromatic heterocycles. The molecule has 0 spiro atoms. The lowest BCUT2D eigenvalue weighted by molar-refractivity contribution is -0.143. The fourth-order valence-corrected chi connectivity index (χ4v) is 5.05. The predicted octanol–water partition coefficient (Wildman–Crippen LogP) is 4.92. The van der Waals surface area contributed by atoms with Gasteiger partial charge in [0, 0.05) is 30.3 Å². The number of fused-ring (bicyclic) bond motifs is 1. The van der Waals surface area contributed by atoms with Crippen molar-refractivity contribution in [2.75, 3.05) is 6.61 Å². The van der Waals surface area contributed by atoms with Gasteiger partial charge in [0.15, 0.2) is 5.69 Å². The average Bonchev–Trinajstić information content (AvgIpc) is 3.32. The van der Waals surface area contributed by atoms with Crippen molar-refractivity contribution in [2.24, 2.45) is 24.3 Å². The van der Waals surface area contributed by atoms with Gasteiger partial charge in [0.05, 0.1) is 6.61 Å². The number of rotatable bonds is 6. The Morgan fingerprint density at radius 2 is 2.16 bits per heavy atom. The molecular weight excluding hydrogens is 404 g/mol. The molecule has 32 heavy (non-hydrogen) atoms. The van der Waals surface area contributed by atoms with E-state index in [0.717, 1.165) is 37.0 Å². The van der Waals surface area contributed by atoms with Crippen molar-refractivity contribution < 1.29 is 14.1 Å². The van der Waals surface area contributed by atoms with Gasteiger partial charge in [0.2, 0.25) is 5.82 Å². The quantitative estimate of drug-likeness (QED) is 0.595. The Bertz CT molecular complexity index is 1070. The topological polar surface area (TPSA) is 83.0 Å². The summed E-state index contributed by atoms with van der Waals surface area (Å²) in [6.07, 6.45) is 8.60. The fraction of sp³-hybridized carbons (Fsp3) is 0.600. The second-order valence-corrected chi connectivity index (χ2v) is 9.98. The van der Waals surface area contributed by atoms with Gasteiger partial charge in [-0.1, -0.05) is 43.7 Å². The summed E-state index contributed by atoms with van der Waals surface area (Å²) in [5.41, 5.74) is 5.79. The molecule has 0 amide bonds. The first kappa shape index (κ1) is 22.5. The largest absolute Gasteiger partial charge is 0.466 e. The van der Waals surface area contributed by atoms with Crippen LogP contribution in [0.25, 0.3) is 17.2 Å². The molecule has 172 valence electrons. The molecule has 2 atom stereocenters. The minimum absolute atomic E-state index is 0.132. The standard InChI is InChI=1S/C25H34N4O3/c1-7-31-21(30)9-8-18-15(2)12-17(13-16(18)3)23-26-24(32-28-23)22-19-10-11-25(4,5)14-20(19)29(6)27-22/h12-13,15,18H,7-11,14H2,1-6H3. The summed E-state index contributed by atoms with van der Waals surface area (Å²) in [7, 11) is 1.99. The highest BCUT2D eigenvalue weighted by atomic mass is 16.5. The Hall–Kier alpha value is -2.70. The van der Waals surface area contributed by atoms with Crippen LogP contribution in [0.3, 0.4) is 0 Å². The molecule has 0 aromatic carbocycles. The van der Waals surface area contributed by atoms with Crippen molar-refractivity contribution >= 4 is 11.5 Å². The molecule has 0 fully saturated rings. The molecule has 2 aromatic rings. The Morgan fingerprint density at radius 3 is 2.88 bits per heavy atom. The molecule has 2 unspecified atom stereocenters. The molecule has 7 nitrogen and oxygen atoms in total. The average molecular weight is 439 g/mol. The molecule has 0 radical (unpaired) electrons. The van der Waals surface area contributed by atoms with E-state index >= 15 is 0 Å². The van der Waals surface area contributed by atoms with E-state index in [1.54, 1.807) is 0 Å². The van der Waals surface area contributed by atoms with Crippen molar-refractivity contribution in [1.29, 1.82) is 0 Å². The van der Waals surface area contributed by atoms with Gasteiger partial charge in [-0.3, -0.25) is 9.48 Å². The number of carbonyl (C=O) groups excluding carboxylic acids is 1. The molecule has 2 heterocycles. The number of aromatic nitrogens is 4. The second-order valence-electron chi connectivity index (χ2n) is 9.98. The zero-order chi connectivity index (χ0) is 23.0. The van der Waals surface area contributed by atoms with E-state index in [2.05, 4.69) is 45.0 Å². The molecule has 4 rings (SSSR count). The van der Waals surface area contributed by atoms with Gasteiger partial charge in [-0.25, -0.2) is 0 Å². The van der Waals surface area contributed by atoms with Gasteiger partial charge in [-0.2, -0.15) is 10.1 Å². The summed E-state index contributed by atoms with van der Waals surface area (Å²) >= 11 is 0. The summed E-state index contributed by atoms with van der Waals surface area (Å²) in [6, 6.07) is 0. The van der Waals surface area contributed by atoms with Crippen molar-refractivity contribution in [2.45, 2.75) is 66.7 Å². The van der Waals surface area contributed by atoms with Crippen molar-refractivity contribution in [3.05, 3.63) is 34.8 Å². The van der Waals surface area contributed by atoms with E-state index in [0.29, 0.717) is 30.7 Å². The van der Waals surface area contributed by atoms with Crippen LogP contribution in [0.4, 0.5) is 0 Å². The highest BCUT2D eigenvalue weighted by Crippen LogP contribution is 2.39. The first-order valence-electron chi connectivity index (χ1n) is 11.6. The van der Waals surface area contributed by atoms with Gasteiger partial charge in [0.25, 0.3) is 5.89 Å². The number of ether oxygens (including phenoxy) is 1. The van der Waals surface area contributed by atoms with Crippen molar-refractivity contribution in [3.63, 3.8) is 0 Å². The SMILES string of the molecule is CCOC(=O)CCC1C(C)=CC(c2noc(-c3nn(C)c4c3CCC(C)(C)C4)n2)=CC1C. The van der Waals surface area contributed by atoms with Crippen LogP contribution in [0.2, 0.25) is 0 Å². The number of allylic oxidation sites excluding steroid dienone is 4. The van der Waals surface area contributed by atoms with E-state index in [1.165, 1.54) is 16.8 Å². The van der Waals surface area contributed by atoms with Crippen LogP contribution in [0.5, 0.6) is 0 Å². The van der Waals surface area contributed by atoms with Crippen molar-refractivity contribution in [1.82, 2.24) is 19.9 Å². The van der Waals surface area contributed by atoms with E-state index < -0.39 is 0 Å². The first-order chi connectivity index (χ1) is 15.2. The maximum atomic E-state index is 11.8. The Morgan fingerprint density at radius 1 is 1.38 bits per heavy atom. The molecule has 0 saturated heterocycles. The Labute approximate surface area is 189 Å². The van der Waals surface area contributed by atoms with Gasteiger partial charge in [0.1, 0.15) is 0 Å². The molecule has 7 heteroatoms. The minimum Gasteiger partial charge on any atom is -0.466 e. The molecule has 0 N–H and O–H groups in total. The molecule has 0 aliphatic heterocycles. The molecule has 0 saturated carbocycles. The highest BCUT2D eigenvalue weighted by Gasteiger charge is 2.32. The third kappa shape index (κ3) is 4.43. The van der Waals surface area contributed by atoms with Crippen LogP contribution in [0.15, 0.2) is 22.2 Å². The first-order valence-corrected chi connectivity index (χ1v) is 11.6. The zero-order valence-electron chi connectivity index (χ0n) is 20.1. The maximum Gasteiger partial charge on any atom is 0.305 e. The van der Waals surface area contributed by atoms with Crippen LogP contribution < -0.4 is 0 Å². The summed E-state index contributed by atoms with van der Waals surface area (Å²) in [6.45, 7) is 11.1. The van der Waals surface area contributed by atoms with Crippen molar-refractivity contribution in [3.8, 4) is 11.6 Å². The highest BCUT2D eigenvalue weighted by molar-refractivity contribution is 5.73. The number of esters is 1.